The number of amides is 1. The zero-order chi connectivity index (χ0) is 17.4. The highest BCUT2D eigenvalue weighted by molar-refractivity contribution is 6.32. The molecule has 0 spiro atoms. The van der Waals surface area contributed by atoms with Crippen molar-refractivity contribution in [3.63, 3.8) is 0 Å². The number of unbranched alkanes of at least 4 members (excludes halogenated alkanes) is 1. The van der Waals surface area contributed by atoms with Crippen LogP contribution in [0.25, 0.3) is 0 Å². The Morgan fingerprint density at radius 2 is 1.96 bits per heavy atom. The van der Waals surface area contributed by atoms with Crippen LogP contribution < -0.4 is 15.8 Å². The minimum Gasteiger partial charge on any atom is -0.474 e. The van der Waals surface area contributed by atoms with Gasteiger partial charge in [0.05, 0.1) is 5.02 Å². The van der Waals surface area contributed by atoms with Crippen molar-refractivity contribution in [3.05, 3.63) is 64.9 Å². The highest BCUT2D eigenvalue weighted by Crippen LogP contribution is 2.30. The smallest absolute Gasteiger partial charge is 0.265 e. The molecule has 6 heteroatoms. The zero-order valence-electron chi connectivity index (χ0n) is 13.2. The SMILES string of the molecule is NCCCCNC(=O)C(Oc1ccc(F)cc1Cl)c1ccccc1. The van der Waals surface area contributed by atoms with E-state index in [0.717, 1.165) is 18.9 Å². The molecule has 2 rings (SSSR count). The fraction of sp³-hybridized carbons (Fsp3) is 0.278. The second-order valence-corrected chi connectivity index (χ2v) is 5.68. The van der Waals surface area contributed by atoms with E-state index in [4.69, 9.17) is 22.1 Å². The molecule has 0 saturated carbocycles. The maximum absolute atomic E-state index is 13.2. The Kier molecular flexibility index (Phi) is 7.03. The van der Waals surface area contributed by atoms with E-state index in [2.05, 4.69) is 5.32 Å². The van der Waals surface area contributed by atoms with E-state index in [1.807, 2.05) is 18.2 Å². The summed E-state index contributed by atoms with van der Waals surface area (Å²) in [5.74, 6) is -0.488. The number of hydrogen-bond donors (Lipinski definition) is 2. The van der Waals surface area contributed by atoms with Crippen molar-refractivity contribution >= 4 is 17.5 Å². The lowest BCUT2D eigenvalue weighted by Gasteiger charge is -2.20. The molecule has 1 atom stereocenters. The Hall–Kier alpha value is -2.11. The van der Waals surface area contributed by atoms with E-state index in [0.29, 0.717) is 18.7 Å². The third-order valence-electron chi connectivity index (χ3n) is 3.41. The Labute approximate surface area is 145 Å². The summed E-state index contributed by atoms with van der Waals surface area (Å²) < 4.78 is 18.9. The average Bonchev–Trinajstić information content (AvgIpc) is 2.58. The van der Waals surface area contributed by atoms with Crippen LogP contribution in [0.4, 0.5) is 4.39 Å². The van der Waals surface area contributed by atoms with Crippen molar-refractivity contribution in [2.24, 2.45) is 5.73 Å². The second-order valence-electron chi connectivity index (χ2n) is 5.27. The van der Waals surface area contributed by atoms with Crippen molar-refractivity contribution in [3.8, 4) is 5.75 Å². The summed E-state index contributed by atoms with van der Waals surface area (Å²) >= 11 is 6.00. The van der Waals surface area contributed by atoms with Gasteiger partial charge < -0.3 is 15.8 Å². The molecule has 0 radical (unpaired) electrons. The number of carbonyl (C=O) groups excluding carboxylic acids is 1. The lowest BCUT2D eigenvalue weighted by atomic mass is 10.1. The molecule has 1 unspecified atom stereocenters. The third kappa shape index (κ3) is 5.22. The Morgan fingerprint density at radius 1 is 1.21 bits per heavy atom. The van der Waals surface area contributed by atoms with Gasteiger partial charge in [0.15, 0.2) is 0 Å². The largest absolute Gasteiger partial charge is 0.474 e. The summed E-state index contributed by atoms with van der Waals surface area (Å²) in [5, 5.41) is 2.95. The van der Waals surface area contributed by atoms with Crippen LogP contribution in [-0.4, -0.2) is 19.0 Å². The second kappa shape index (κ2) is 9.25. The van der Waals surface area contributed by atoms with Gasteiger partial charge in [-0.3, -0.25) is 4.79 Å². The number of carbonyl (C=O) groups is 1. The summed E-state index contributed by atoms with van der Waals surface area (Å²) in [7, 11) is 0. The third-order valence-corrected chi connectivity index (χ3v) is 3.70. The van der Waals surface area contributed by atoms with Crippen LogP contribution in [0.15, 0.2) is 48.5 Å². The molecule has 24 heavy (non-hydrogen) atoms. The van der Waals surface area contributed by atoms with Crippen LogP contribution in [0.2, 0.25) is 5.02 Å². The van der Waals surface area contributed by atoms with Gasteiger partial charge in [0.25, 0.3) is 5.91 Å². The maximum Gasteiger partial charge on any atom is 0.265 e. The molecule has 0 aliphatic rings. The van der Waals surface area contributed by atoms with Crippen molar-refractivity contribution in [1.29, 1.82) is 0 Å². The van der Waals surface area contributed by atoms with Crippen LogP contribution >= 0.6 is 11.6 Å². The Balaban J connectivity index is 2.15. The van der Waals surface area contributed by atoms with Gasteiger partial charge in [-0.25, -0.2) is 4.39 Å². The Bertz CT molecular complexity index is 667. The molecule has 2 aromatic rings. The first kappa shape index (κ1) is 18.2. The number of nitrogens with one attached hydrogen (secondary N) is 1. The fourth-order valence-electron chi connectivity index (χ4n) is 2.17. The summed E-state index contributed by atoms with van der Waals surface area (Å²) in [5.41, 5.74) is 6.13. The first-order chi connectivity index (χ1) is 11.6. The van der Waals surface area contributed by atoms with Gasteiger partial charge in [-0.1, -0.05) is 41.9 Å². The van der Waals surface area contributed by atoms with Crippen molar-refractivity contribution in [1.82, 2.24) is 5.32 Å². The fourth-order valence-corrected chi connectivity index (χ4v) is 2.38. The molecule has 0 saturated heterocycles. The standard InChI is InChI=1S/C18H20ClFN2O2/c19-15-12-14(20)8-9-16(15)24-17(13-6-2-1-3-7-13)18(23)22-11-5-4-10-21/h1-3,6-9,12,17H,4-5,10-11,21H2,(H,22,23). The number of hydrogen-bond acceptors (Lipinski definition) is 3. The molecule has 0 aliphatic heterocycles. The molecule has 0 bridgehead atoms. The van der Waals surface area contributed by atoms with E-state index in [9.17, 15) is 9.18 Å². The van der Waals surface area contributed by atoms with Gasteiger partial charge >= 0.3 is 0 Å². The van der Waals surface area contributed by atoms with E-state index >= 15 is 0 Å². The van der Waals surface area contributed by atoms with Crippen LogP contribution in [0, 0.1) is 5.82 Å². The van der Waals surface area contributed by atoms with Crippen molar-refractivity contribution in [2.45, 2.75) is 18.9 Å². The normalized spacial score (nSPS) is 11.8. The maximum atomic E-state index is 13.2. The first-order valence-corrected chi connectivity index (χ1v) is 8.14. The summed E-state index contributed by atoms with van der Waals surface area (Å²) in [6.07, 6.45) is 0.758. The molecular weight excluding hydrogens is 331 g/mol. The predicted molar refractivity (Wildman–Crippen MR) is 92.5 cm³/mol. The van der Waals surface area contributed by atoms with Gasteiger partial charge in [-0.05, 0) is 37.6 Å². The average molecular weight is 351 g/mol. The van der Waals surface area contributed by atoms with E-state index in [1.54, 1.807) is 12.1 Å². The van der Waals surface area contributed by atoms with Crippen LogP contribution in [0.3, 0.4) is 0 Å². The van der Waals surface area contributed by atoms with Gasteiger partial charge in [0.1, 0.15) is 11.6 Å². The van der Waals surface area contributed by atoms with Gasteiger partial charge in [-0.2, -0.15) is 0 Å². The summed E-state index contributed by atoms with van der Waals surface area (Å²) in [6.45, 7) is 1.10. The quantitative estimate of drug-likeness (QED) is 0.717. The van der Waals surface area contributed by atoms with Gasteiger partial charge in [-0.15, -0.1) is 0 Å². The van der Waals surface area contributed by atoms with Crippen molar-refractivity contribution in [2.75, 3.05) is 13.1 Å². The van der Waals surface area contributed by atoms with E-state index in [-0.39, 0.29) is 16.7 Å². The van der Waals surface area contributed by atoms with E-state index < -0.39 is 11.9 Å². The van der Waals surface area contributed by atoms with Crippen LogP contribution in [0.5, 0.6) is 5.75 Å². The highest BCUT2D eigenvalue weighted by atomic mass is 35.5. The number of ether oxygens (including phenoxy) is 1. The molecule has 0 fully saturated rings. The summed E-state index contributed by atoms with van der Waals surface area (Å²) in [6, 6.07) is 12.9. The van der Waals surface area contributed by atoms with Crippen molar-refractivity contribution < 1.29 is 13.9 Å². The Morgan fingerprint density at radius 3 is 2.62 bits per heavy atom. The minimum atomic E-state index is -0.868. The zero-order valence-corrected chi connectivity index (χ0v) is 13.9. The van der Waals surface area contributed by atoms with Gasteiger partial charge in [0.2, 0.25) is 6.10 Å². The molecule has 4 nitrogen and oxygen atoms in total. The highest BCUT2D eigenvalue weighted by Gasteiger charge is 2.23. The molecular formula is C18H20ClFN2O2. The first-order valence-electron chi connectivity index (χ1n) is 7.76. The topological polar surface area (TPSA) is 64.3 Å². The summed E-state index contributed by atoms with van der Waals surface area (Å²) in [4.78, 5) is 12.5. The molecule has 0 aliphatic carbocycles. The molecule has 0 heterocycles. The number of benzene rings is 2. The molecule has 2 aromatic carbocycles. The molecule has 1 amide bonds. The van der Waals surface area contributed by atoms with Gasteiger partial charge in [0, 0.05) is 12.1 Å². The van der Waals surface area contributed by atoms with E-state index in [1.165, 1.54) is 12.1 Å². The van der Waals surface area contributed by atoms with Crippen LogP contribution in [-0.2, 0) is 4.79 Å². The monoisotopic (exact) mass is 350 g/mol. The predicted octanol–water partition coefficient (Wildman–Crippen LogP) is 3.45. The number of halogens is 2. The lowest BCUT2D eigenvalue weighted by molar-refractivity contribution is -0.128. The molecule has 3 N–H and O–H groups in total. The number of nitrogens with two attached hydrogens (primary N) is 1. The molecule has 128 valence electrons. The minimum absolute atomic E-state index is 0.117. The molecule has 0 aromatic heterocycles. The lowest BCUT2D eigenvalue weighted by Crippen LogP contribution is -2.33. The van der Waals surface area contributed by atoms with Crippen LogP contribution in [0.1, 0.15) is 24.5 Å². The number of rotatable bonds is 8.